The van der Waals surface area contributed by atoms with Gasteiger partial charge in [0.05, 0.1) is 11.5 Å². The van der Waals surface area contributed by atoms with Crippen LogP contribution in [-0.4, -0.2) is 44.5 Å². The van der Waals surface area contributed by atoms with Gasteiger partial charge in [0.1, 0.15) is 6.54 Å². The normalized spacial score (nSPS) is 11.8. The maximum Gasteiger partial charge on any atom is 0.318 e. The molecular formula is C11H14ClNO5S. The lowest BCUT2D eigenvalue weighted by atomic mass is 10.2. The minimum atomic E-state index is -3.88. The summed E-state index contributed by atoms with van der Waals surface area (Å²) in [5.74, 6) is -1.23. The maximum atomic E-state index is 12.1. The van der Waals surface area contributed by atoms with Crippen molar-refractivity contribution in [1.82, 2.24) is 4.31 Å². The van der Waals surface area contributed by atoms with Crippen LogP contribution in [0.25, 0.3) is 0 Å². The molecular weight excluding hydrogens is 294 g/mol. The lowest BCUT2D eigenvalue weighted by Gasteiger charge is -2.15. The Hall–Kier alpha value is -1.15. The average Bonchev–Trinajstić information content (AvgIpc) is 2.27. The molecule has 0 atom stereocenters. The van der Waals surface area contributed by atoms with Gasteiger partial charge < -0.3 is 9.84 Å². The highest BCUT2D eigenvalue weighted by atomic mass is 35.5. The summed E-state index contributed by atoms with van der Waals surface area (Å²) in [6.45, 7) is -0.403. The van der Waals surface area contributed by atoms with Crippen molar-refractivity contribution < 1.29 is 23.1 Å². The van der Waals surface area contributed by atoms with E-state index < -0.39 is 22.5 Å². The van der Waals surface area contributed by atoms with Crippen LogP contribution in [0.3, 0.4) is 0 Å². The SMILES string of the molecule is COCc1cc(Cl)cc(S(=O)(=O)N(C)CC(=O)O)c1. The molecule has 19 heavy (non-hydrogen) atoms. The number of likely N-dealkylation sites (N-methyl/N-ethyl adjacent to an activating group) is 1. The predicted octanol–water partition coefficient (Wildman–Crippen LogP) is 1.19. The second-order valence-electron chi connectivity index (χ2n) is 3.88. The van der Waals surface area contributed by atoms with Crippen molar-refractivity contribution in [2.24, 2.45) is 0 Å². The molecule has 6 nitrogen and oxygen atoms in total. The monoisotopic (exact) mass is 307 g/mol. The number of halogens is 1. The zero-order chi connectivity index (χ0) is 14.6. The summed E-state index contributed by atoms with van der Waals surface area (Å²) in [4.78, 5) is 10.5. The molecule has 1 aromatic rings. The van der Waals surface area contributed by atoms with Crippen molar-refractivity contribution in [1.29, 1.82) is 0 Å². The van der Waals surface area contributed by atoms with Gasteiger partial charge in [-0.3, -0.25) is 4.79 Å². The summed E-state index contributed by atoms with van der Waals surface area (Å²) in [5.41, 5.74) is 0.595. The molecule has 0 heterocycles. The highest BCUT2D eigenvalue weighted by molar-refractivity contribution is 7.89. The number of carboxylic acid groups (broad SMARTS) is 1. The number of carboxylic acids is 1. The topological polar surface area (TPSA) is 83.9 Å². The van der Waals surface area contributed by atoms with Crippen molar-refractivity contribution in [3.63, 3.8) is 0 Å². The quantitative estimate of drug-likeness (QED) is 0.853. The smallest absolute Gasteiger partial charge is 0.318 e. The Bertz CT molecular complexity index is 572. The van der Waals surface area contributed by atoms with Crippen LogP contribution in [0.4, 0.5) is 0 Å². The second kappa shape index (κ2) is 6.33. The van der Waals surface area contributed by atoms with Crippen molar-refractivity contribution in [2.75, 3.05) is 20.7 Å². The van der Waals surface area contributed by atoms with E-state index in [1.807, 2.05) is 0 Å². The van der Waals surface area contributed by atoms with Crippen molar-refractivity contribution >= 4 is 27.6 Å². The summed E-state index contributed by atoms with van der Waals surface area (Å²) in [6.07, 6.45) is 0. The zero-order valence-corrected chi connectivity index (χ0v) is 12.0. The van der Waals surface area contributed by atoms with Crippen LogP contribution in [0, 0.1) is 0 Å². The first-order valence-corrected chi connectivity index (χ1v) is 7.05. The lowest BCUT2D eigenvalue weighted by Crippen LogP contribution is -2.32. The van der Waals surface area contributed by atoms with Crippen molar-refractivity contribution in [3.05, 3.63) is 28.8 Å². The minimum Gasteiger partial charge on any atom is -0.480 e. The molecule has 1 rings (SSSR count). The van der Waals surface area contributed by atoms with Gasteiger partial charge in [-0.25, -0.2) is 8.42 Å². The van der Waals surface area contributed by atoms with Gasteiger partial charge in [-0.1, -0.05) is 11.6 Å². The second-order valence-corrected chi connectivity index (χ2v) is 6.36. The molecule has 0 saturated carbocycles. The molecule has 0 saturated heterocycles. The fraction of sp³-hybridized carbons (Fsp3) is 0.364. The Morgan fingerprint density at radius 2 is 2.05 bits per heavy atom. The van der Waals surface area contributed by atoms with Gasteiger partial charge in [0, 0.05) is 19.2 Å². The Morgan fingerprint density at radius 3 is 2.58 bits per heavy atom. The van der Waals surface area contributed by atoms with Crippen molar-refractivity contribution in [3.8, 4) is 0 Å². The van der Waals surface area contributed by atoms with Crippen LogP contribution in [0.15, 0.2) is 23.1 Å². The summed E-state index contributed by atoms with van der Waals surface area (Å²) in [7, 11) is -1.21. The van der Waals surface area contributed by atoms with Gasteiger partial charge in [0.2, 0.25) is 10.0 Å². The first-order chi connectivity index (χ1) is 8.77. The van der Waals surface area contributed by atoms with Gasteiger partial charge in [-0.2, -0.15) is 4.31 Å². The number of hydrogen-bond acceptors (Lipinski definition) is 4. The third-order valence-corrected chi connectivity index (χ3v) is 4.31. The van der Waals surface area contributed by atoms with Crippen LogP contribution in [0.2, 0.25) is 5.02 Å². The number of nitrogens with zero attached hydrogens (tertiary/aromatic N) is 1. The van der Waals surface area contributed by atoms with Crippen LogP contribution in [0.5, 0.6) is 0 Å². The summed E-state index contributed by atoms with van der Waals surface area (Å²) in [6, 6.07) is 4.26. The van der Waals surface area contributed by atoms with E-state index in [1.54, 1.807) is 6.07 Å². The number of hydrogen-bond donors (Lipinski definition) is 1. The molecule has 0 aliphatic rings. The fourth-order valence-electron chi connectivity index (χ4n) is 1.48. The summed E-state index contributed by atoms with van der Waals surface area (Å²) >= 11 is 5.85. The molecule has 0 aliphatic heterocycles. The fourth-order valence-corrected chi connectivity index (χ4v) is 3.01. The van der Waals surface area contributed by atoms with Crippen LogP contribution < -0.4 is 0 Å². The van der Waals surface area contributed by atoms with E-state index in [4.69, 9.17) is 21.4 Å². The Morgan fingerprint density at radius 1 is 1.42 bits per heavy atom. The van der Waals surface area contributed by atoms with Crippen LogP contribution >= 0.6 is 11.6 Å². The molecule has 0 spiro atoms. The third-order valence-electron chi connectivity index (χ3n) is 2.31. The van der Waals surface area contributed by atoms with E-state index in [0.29, 0.717) is 5.56 Å². The molecule has 0 radical (unpaired) electrons. The lowest BCUT2D eigenvalue weighted by molar-refractivity contribution is -0.137. The Kier molecular flexibility index (Phi) is 5.30. The number of ether oxygens (including phenoxy) is 1. The van der Waals surface area contributed by atoms with Gasteiger partial charge in [-0.15, -0.1) is 0 Å². The number of benzene rings is 1. The van der Waals surface area contributed by atoms with Gasteiger partial charge in [0.25, 0.3) is 0 Å². The molecule has 8 heteroatoms. The number of methoxy groups -OCH3 is 1. The Balaban J connectivity index is 3.17. The van der Waals surface area contributed by atoms with Gasteiger partial charge in [-0.05, 0) is 23.8 Å². The molecule has 0 fully saturated rings. The van der Waals surface area contributed by atoms with Crippen LogP contribution in [-0.2, 0) is 26.2 Å². The number of carbonyl (C=O) groups is 1. The van der Waals surface area contributed by atoms with E-state index in [9.17, 15) is 13.2 Å². The Labute approximate surface area is 116 Å². The maximum absolute atomic E-state index is 12.1. The van der Waals surface area contributed by atoms with E-state index in [1.165, 1.54) is 26.3 Å². The summed E-state index contributed by atoms with van der Waals surface area (Å²) in [5, 5.41) is 8.88. The number of sulfonamides is 1. The van der Waals surface area contributed by atoms with E-state index in [0.717, 1.165) is 4.31 Å². The average molecular weight is 308 g/mol. The summed E-state index contributed by atoms with van der Waals surface area (Å²) < 4.78 is 29.9. The molecule has 0 aromatic heterocycles. The molecule has 0 unspecified atom stereocenters. The van der Waals surface area contributed by atoms with Gasteiger partial charge in [0.15, 0.2) is 0 Å². The molecule has 1 aromatic carbocycles. The minimum absolute atomic E-state index is 0.0594. The highest BCUT2D eigenvalue weighted by Crippen LogP contribution is 2.22. The first-order valence-electron chi connectivity index (χ1n) is 5.24. The third kappa shape index (κ3) is 4.17. The first kappa shape index (κ1) is 15.9. The predicted molar refractivity (Wildman–Crippen MR) is 69.6 cm³/mol. The molecule has 1 N–H and O–H groups in total. The number of aliphatic carboxylic acids is 1. The van der Waals surface area contributed by atoms with E-state index in [-0.39, 0.29) is 16.5 Å². The van der Waals surface area contributed by atoms with E-state index in [2.05, 4.69) is 0 Å². The van der Waals surface area contributed by atoms with E-state index >= 15 is 0 Å². The molecule has 0 amide bonds. The largest absolute Gasteiger partial charge is 0.480 e. The number of rotatable bonds is 6. The standard InChI is InChI=1S/C11H14ClNO5S/c1-13(6-11(14)15)19(16,17)10-4-8(7-18-2)3-9(12)5-10/h3-5H,6-7H2,1-2H3,(H,14,15). The van der Waals surface area contributed by atoms with Crippen molar-refractivity contribution in [2.45, 2.75) is 11.5 Å². The molecule has 0 bridgehead atoms. The highest BCUT2D eigenvalue weighted by Gasteiger charge is 2.23. The zero-order valence-electron chi connectivity index (χ0n) is 10.5. The molecule has 106 valence electrons. The van der Waals surface area contributed by atoms with Gasteiger partial charge >= 0.3 is 5.97 Å². The molecule has 0 aliphatic carbocycles. The van der Waals surface area contributed by atoms with Crippen LogP contribution in [0.1, 0.15) is 5.56 Å².